The van der Waals surface area contributed by atoms with Gasteiger partial charge in [-0.3, -0.25) is 0 Å². The van der Waals surface area contributed by atoms with Crippen LogP contribution in [-0.2, 0) is 0 Å². The van der Waals surface area contributed by atoms with Crippen molar-refractivity contribution in [1.29, 1.82) is 0 Å². The number of methoxy groups -OCH3 is 1. The molecule has 84 valence electrons. The van der Waals surface area contributed by atoms with E-state index in [-0.39, 0.29) is 0 Å². The van der Waals surface area contributed by atoms with Crippen LogP contribution in [0.1, 0.15) is 20.3 Å². The average molecular weight is 209 g/mol. The number of nitrogen functional groups attached to an aromatic ring is 1. The van der Waals surface area contributed by atoms with Crippen molar-refractivity contribution >= 4 is 11.5 Å². The molecule has 0 bridgehead atoms. The summed E-state index contributed by atoms with van der Waals surface area (Å²) in [5.41, 5.74) is 6.23. The zero-order valence-electron chi connectivity index (χ0n) is 9.58. The first-order chi connectivity index (χ1) is 7.17. The summed E-state index contributed by atoms with van der Waals surface area (Å²) in [5.74, 6) is 1.92. The summed E-state index contributed by atoms with van der Waals surface area (Å²) in [4.78, 5) is 4.24. The van der Waals surface area contributed by atoms with Crippen LogP contribution in [0.15, 0.2) is 12.1 Å². The summed E-state index contributed by atoms with van der Waals surface area (Å²) >= 11 is 0. The normalized spacial score (nSPS) is 12.2. The Balaban J connectivity index is 2.62. The minimum absolute atomic E-state index is 0.476. The molecule has 0 saturated carbocycles. The number of pyridine rings is 1. The minimum atomic E-state index is 0.476. The van der Waals surface area contributed by atoms with Crippen LogP contribution in [0.5, 0.6) is 5.88 Å². The third-order valence-electron chi connectivity index (χ3n) is 2.41. The molecule has 0 aliphatic heterocycles. The third kappa shape index (κ3) is 3.31. The first kappa shape index (κ1) is 11.6. The molecule has 1 atom stereocenters. The van der Waals surface area contributed by atoms with Gasteiger partial charge in [-0.2, -0.15) is 4.98 Å². The lowest BCUT2D eigenvalue weighted by Gasteiger charge is -2.11. The van der Waals surface area contributed by atoms with Crippen molar-refractivity contribution in [3.63, 3.8) is 0 Å². The number of nitrogens with zero attached hydrogens (tertiary/aromatic N) is 1. The summed E-state index contributed by atoms with van der Waals surface area (Å²) < 4.78 is 5.04. The Morgan fingerprint density at radius 1 is 1.53 bits per heavy atom. The third-order valence-corrected chi connectivity index (χ3v) is 2.41. The lowest BCUT2D eigenvalue weighted by Crippen LogP contribution is -2.11. The zero-order chi connectivity index (χ0) is 11.3. The van der Waals surface area contributed by atoms with Crippen molar-refractivity contribution < 1.29 is 4.74 Å². The maximum Gasteiger partial charge on any atom is 0.238 e. The SMILES string of the molecule is CCC(C)CNc1ccc(N)c(OC)n1. The van der Waals surface area contributed by atoms with Crippen molar-refractivity contribution in [2.24, 2.45) is 5.92 Å². The van der Waals surface area contributed by atoms with Gasteiger partial charge in [0.2, 0.25) is 5.88 Å². The summed E-state index contributed by atoms with van der Waals surface area (Å²) in [6.07, 6.45) is 1.15. The molecule has 1 aromatic heterocycles. The van der Waals surface area contributed by atoms with Gasteiger partial charge in [-0.05, 0) is 18.1 Å². The van der Waals surface area contributed by atoms with Gasteiger partial charge in [-0.15, -0.1) is 0 Å². The fourth-order valence-corrected chi connectivity index (χ4v) is 1.14. The lowest BCUT2D eigenvalue weighted by atomic mass is 10.1. The predicted molar refractivity (Wildman–Crippen MR) is 63.1 cm³/mol. The molecule has 0 spiro atoms. The van der Waals surface area contributed by atoms with Gasteiger partial charge in [0.25, 0.3) is 0 Å². The van der Waals surface area contributed by atoms with E-state index < -0.39 is 0 Å². The van der Waals surface area contributed by atoms with Crippen LogP contribution in [-0.4, -0.2) is 18.6 Å². The molecule has 0 saturated heterocycles. The van der Waals surface area contributed by atoms with E-state index in [1.807, 2.05) is 6.07 Å². The number of aromatic nitrogens is 1. The van der Waals surface area contributed by atoms with E-state index in [0.29, 0.717) is 17.5 Å². The Morgan fingerprint density at radius 2 is 2.27 bits per heavy atom. The highest BCUT2D eigenvalue weighted by atomic mass is 16.5. The van der Waals surface area contributed by atoms with E-state index >= 15 is 0 Å². The van der Waals surface area contributed by atoms with Gasteiger partial charge in [0, 0.05) is 6.54 Å². The molecular formula is C11H19N3O. The van der Waals surface area contributed by atoms with Crippen LogP contribution >= 0.6 is 0 Å². The number of ether oxygens (including phenoxy) is 1. The maximum absolute atomic E-state index is 5.67. The van der Waals surface area contributed by atoms with Crippen molar-refractivity contribution in [3.05, 3.63) is 12.1 Å². The smallest absolute Gasteiger partial charge is 0.238 e. The Kier molecular flexibility index (Phi) is 4.21. The Bertz CT molecular complexity index is 315. The molecule has 3 N–H and O–H groups in total. The van der Waals surface area contributed by atoms with E-state index in [9.17, 15) is 0 Å². The summed E-state index contributed by atoms with van der Waals surface area (Å²) in [7, 11) is 1.57. The van der Waals surface area contributed by atoms with Gasteiger partial charge in [0.1, 0.15) is 5.82 Å². The average Bonchev–Trinajstić information content (AvgIpc) is 2.27. The monoisotopic (exact) mass is 209 g/mol. The van der Waals surface area contributed by atoms with Crippen molar-refractivity contribution in [2.75, 3.05) is 24.7 Å². The second-order valence-electron chi connectivity index (χ2n) is 3.69. The highest BCUT2D eigenvalue weighted by Gasteiger charge is 2.03. The molecule has 0 aliphatic carbocycles. The molecule has 15 heavy (non-hydrogen) atoms. The van der Waals surface area contributed by atoms with Crippen molar-refractivity contribution in [1.82, 2.24) is 4.98 Å². The molecule has 4 heteroatoms. The highest BCUT2D eigenvalue weighted by Crippen LogP contribution is 2.20. The summed E-state index contributed by atoms with van der Waals surface area (Å²) in [6.45, 7) is 5.28. The van der Waals surface area contributed by atoms with Gasteiger partial charge >= 0.3 is 0 Å². The van der Waals surface area contributed by atoms with E-state index in [0.717, 1.165) is 18.8 Å². The number of anilines is 2. The molecule has 0 amide bonds. The molecule has 1 aromatic rings. The van der Waals surface area contributed by atoms with Crippen molar-refractivity contribution in [2.45, 2.75) is 20.3 Å². The first-order valence-corrected chi connectivity index (χ1v) is 5.21. The van der Waals surface area contributed by atoms with Gasteiger partial charge in [-0.25, -0.2) is 0 Å². The predicted octanol–water partition coefficient (Wildman–Crippen LogP) is 2.13. The number of nitrogens with two attached hydrogens (primary N) is 1. The van der Waals surface area contributed by atoms with Gasteiger partial charge in [0.05, 0.1) is 12.8 Å². The van der Waals surface area contributed by atoms with E-state index in [1.54, 1.807) is 13.2 Å². The molecule has 1 rings (SSSR count). The molecule has 1 unspecified atom stereocenters. The largest absolute Gasteiger partial charge is 0.479 e. The molecular weight excluding hydrogens is 190 g/mol. The van der Waals surface area contributed by atoms with Gasteiger partial charge < -0.3 is 15.8 Å². The van der Waals surface area contributed by atoms with E-state index in [4.69, 9.17) is 10.5 Å². The molecule has 0 aliphatic rings. The quantitative estimate of drug-likeness (QED) is 0.780. The number of hydrogen-bond acceptors (Lipinski definition) is 4. The molecule has 1 heterocycles. The van der Waals surface area contributed by atoms with Crippen LogP contribution < -0.4 is 15.8 Å². The zero-order valence-corrected chi connectivity index (χ0v) is 9.58. The van der Waals surface area contributed by atoms with Crippen LogP contribution in [0, 0.1) is 5.92 Å². The topological polar surface area (TPSA) is 60.2 Å². The summed E-state index contributed by atoms with van der Waals surface area (Å²) in [6, 6.07) is 3.66. The minimum Gasteiger partial charge on any atom is -0.479 e. The second kappa shape index (κ2) is 5.44. The van der Waals surface area contributed by atoms with E-state index in [2.05, 4.69) is 24.1 Å². The standard InChI is InChI=1S/C11H19N3O/c1-4-8(2)7-13-10-6-5-9(12)11(14-10)15-3/h5-6,8H,4,7,12H2,1-3H3,(H,13,14). The first-order valence-electron chi connectivity index (χ1n) is 5.21. The van der Waals surface area contributed by atoms with Crippen LogP contribution in [0.2, 0.25) is 0 Å². The van der Waals surface area contributed by atoms with Crippen LogP contribution in [0.25, 0.3) is 0 Å². The maximum atomic E-state index is 5.67. The fraction of sp³-hybridized carbons (Fsp3) is 0.545. The van der Waals surface area contributed by atoms with Crippen molar-refractivity contribution in [3.8, 4) is 5.88 Å². The summed E-state index contributed by atoms with van der Waals surface area (Å²) in [5, 5.41) is 3.25. The fourth-order valence-electron chi connectivity index (χ4n) is 1.14. The number of nitrogens with one attached hydrogen (secondary N) is 1. The van der Waals surface area contributed by atoms with Gasteiger partial charge in [0.15, 0.2) is 0 Å². The molecule has 4 nitrogen and oxygen atoms in total. The molecule has 0 radical (unpaired) electrons. The molecule has 0 aromatic carbocycles. The highest BCUT2D eigenvalue weighted by molar-refractivity contribution is 5.53. The molecule has 0 fully saturated rings. The Hall–Kier alpha value is -1.45. The number of rotatable bonds is 5. The lowest BCUT2D eigenvalue weighted by molar-refractivity contribution is 0.400. The Labute approximate surface area is 90.8 Å². The van der Waals surface area contributed by atoms with Crippen LogP contribution in [0.3, 0.4) is 0 Å². The Morgan fingerprint density at radius 3 is 2.87 bits per heavy atom. The van der Waals surface area contributed by atoms with Crippen LogP contribution in [0.4, 0.5) is 11.5 Å². The van der Waals surface area contributed by atoms with E-state index in [1.165, 1.54) is 0 Å². The van der Waals surface area contributed by atoms with Gasteiger partial charge in [-0.1, -0.05) is 20.3 Å². The second-order valence-corrected chi connectivity index (χ2v) is 3.69. The number of hydrogen-bond donors (Lipinski definition) is 2.